The Bertz CT molecular complexity index is 1210. The van der Waals surface area contributed by atoms with Crippen LogP contribution >= 0.6 is 12.4 Å². The van der Waals surface area contributed by atoms with Gasteiger partial charge in [-0.05, 0) is 26.0 Å². The standard InChI is InChI=1S/C10H15N3O6.C10H15N3O5.ClH.H3NO/c1-10(17)7(15)5(4-14)19-8(10)13-3-2-6(12-18)11-9(13)16;1-10(17)7(15)5(4-14)18-8(10)13-3-2-6(11)12-9(13)16;;1-2/h2-3,5,7-8,14-15,17-18H,4H2,1H3,(H,11,12,16);2-3,5,7-8,14-15,17H,4H2,1H3,(H2,11,12,16);1H;2H,1H2/t2*5-,7?,8-,10-;;/m11../s1. The van der Waals surface area contributed by atoms with Crippen molar-refractivity contribution in [1.82, 2.24) is 19.1 Å². The molecule has 0 amide bonds. The maximum Gasteiger partial charge on any atom is 0.351 e. The molecule has 4 rings (SSSR count). The Labute approximate surface area is 231 Å². The predicted octanol–water partition coefficient (Wildman–Crippen LogP) is -4.37. The largest absolute Gasteiger partial charge is 0.394 e. The first-order valence-electron chi connectivity index (χ1n) is 11.2. The van der Waals surface area contributed by atoms with Crippen LogP contribution < -0.4 is 28.5 Å². The van der Waals surface area contributed by atoms with E-state index in [1.807, 2.05) is 0 Å². The Hall–Kier alpha value is -2.79. The molecule has 2 aromatic heterocycles. The molecule has 2 saturated heterocycles. The molecule has 2 aliphatic heterocycles. The molecular formula is C20H34ClN7O12. The van der Waals surface area contributed by atoms with E-state index in [0.717, 1.165) is 9.13 Å². The van der Waals surface area contributed by atoms with E-state index in [9.17, 15) is 30.0 Å². The van der Waals surface area contributed by atoms with Gasteiger partial charge < -0.3 is 51.1 Å². The second-order valence-electron chi connectivity index (χ2n) is 8.92. The van der Waals surface area contributed by atoms with Crippen molar-refractivity contribution in [2.45, 2.75) is 61.9 Å². The number of nitrogen functional groups attached to an aromatic ring is 1. The summed E-state index contributed by atoms with van der Waals surface area (Å²) in [6.45, 7) is 1.65. The van der Waals surface area contributed by atoms with Crippen molar-refractivity contribution in [2.24, 2.45) is 5.90 Å². The van der Waals surface area contributed by atoms with Gasteiger partial charge in [-0.15, -0.1) is 12.4 Å². The Balaban J connectivity index is 0.000000368. The Morgan fingerprint density at radius 1 is 0.900 bits per heavy atom. The molecule has 2 fully saturated rings. The molecule has 40 heavy (non-hydrogen) atoms. The lowest BCUT2D eigenvalue weighted by Crippen LogP contribution is -2.46. The van der Waals surface area contributed by atoms with Gasteiger partial charge in [0, 0.05) is 12.4 Å². The summed E-state index contributed by atoms with van der Waals surface area (Å²) in [7, 11) is 0. The molecule has 0 radical (unpaired) electrons. The molecule has 19 nitrogen and oxygen atoms in total. The summed E-state index contributed by atoms with van der Waals surface area (Å²) in [5, 5.41) is 73.2. The van der Waals surface area contributed by atoms with Crippen LogP contribution in [0.5, 0.6) is 0 Å². The van der Waals surface area contributed by atoms with E-state index < -0.39 is 72.7 Å². The maximum absolute atomic E-state index is 11.7. The van der Waals surface area contributed by atoms with Crippen LogP contribution in [0.2, 0.25) is 0 Å². The van der Waals surface area contributed by atoms with Crippen LogP contribution in [0.25, 0.3) is 0 Å². The van der Waals surface area contributed by atoms with Crippen molar-refractivity contribution in [3.63, 3.8) is 0 Å². The van der Waals surface area contributed by atoms with Crippen molar-refractivity contribution in [3.05, 3.63) is 45.5 Å². The van der Waals surface area contributed by atoms with Gasteiger partial charge >= 0.3 is 11.4 Å². The van der Waals surface area contributed by atoms with E-state index in [1.165, 1.54) is 38.4 Å². The van der Waals surface area contributed by atoms with Crippen LogP contribution in [0.15, 0.2) is 34.1 Å². The fourth-order valence-corrected chi connectivity index (χ4v) is 4.04. The van der Waals surface area contributed by atoms with Crippen LogP contribution in [-0.4, -0.2) is 109 Å². The highest BCUT2D eigenvalue weighted by Crippen LogP contribution is 2.38. The van der Waals surface area contributed by atoms with Gasteiger partial charge in [-0.2, -0.15) is 9.97 Å². The number of aliphatic hydroxyl groups excluding tert-OH is 4. The first kappa shape index (κ1) is 35.2. The van der Waals surface area contributed by atoms with Gasteiger partial charge in [0.2, 0.25) is 0 Å². The van der Waals surface area contributed by atoms with Crippen LogP contribution in [0.3, 0.4) is 0 Å². The predicted molar refractivity (Wildman–Crippen MR) is 135 cm³/mol. The summed E-state index contributed by atoms with van der Waals surface area (Å²) >= 11 is 0. The molecule has 0 aromatic carbocycles. The SMILES string of the molecule is C[C@@]1(O)C(O)[C@@H](CO)O[C@H]1n1ccc(N)nc1=O.C[C@@]1(O)C(O)[C@@H](CO)O[C@H]1n1ccc(NO)nc1=O.Cl.NO. The van der Waals surface area contributed by atoms with E-state index >= 15 is 0 Å². The van der Waals surface area contributed by atoms with E-state index in [0.29, 0.717) is 0 Å². The summed E-state index contributed by atoms with van der Waals surface area (Å²) < 4.78 is 12.5. The number of nitrogens with one attached hydrogen (secondary N) is 1. The minimum Gasteiger partial charge on any atom is -0.394 e. The van der Waals surface area contributed by atoms with Gasteiger partial charge in [-0.3, -0.25) is 19.8 Å². The number of rotatable bonds is 5. The van der Waals surface area contributed by atoms with Crippen molar-refractivity contribution < 1.29 is 50.5 Å². The number of nitrogens with zero attached hydrogens (tertiary/aromatic N) is 4. The van der Waals surface area contributed by atoms with E-state index in [2.05, 4.69) is 15.9 Å². The normalized spacial score (nSPS) is 32.7. The molecule has 0 aliphatic carbocycles. The molecule has 0 bridgehead atoms. The molecule has 228 valence electrons. The summed E-state index contributed by atoms with van der Waals surface area (Å²) in [6, 6.07) is 2.67. The summed E-state index contributed by atoms with van der Waals surface area (Å²) in [5.41, 5.74) is 2.12. The molecular weight excluding hydrogens is 566 g/mol. The zero-order valence-corrected chi connectivity index (χ0v) is 22.1. The molecule has 0 spiro atoms. The number of anilines is 2. The second-order valence-corrected chi connectivity index (χ2v) is 8.92. The second kappa shape index (κ2) is 14.2. The number of aromatic nitrogens is 4. The summed E-state index contributed by atoms with van der Waals surface area (Å²) in [4.78, 5) is 30.4. The lowest BCUT2D eigenvalue weighted by atomic mass is 9.96. The minimum absolute atomic E-state index is 0. The van der Waals surface area contributed by atoms with E-state index in [4.69, 9.17) is 35.8 Å². The van der Waals surface area contributed by atoms with Crippen molar-refractivity contribution in [1.29, 1.82) is 0 Å². The number of ether oxygens (including phenoxy) is 2. The highest BCUT2D eigenvalue weighted by Gasteiger charge is 2.54. The summed E-state index contributed by atoms with van der Waals surface area (Å²) in [5.74, 6) is 3.49. The lowest BCUT2D eigenvalue weighted by Gasteiger charge is -2.27. The molecule has 2 aromatic rings. The third-order valence-corrected chi connectivity index (χ3v) is 6.17. The van der Waals surface area contributed by atoms with Crippen LogP contribution in [0.1, 0.15) is 26.3 Å². The van der Waals surface area contributed by atoms with Gasteiger partial charge in [-0.25, -0.2) is 15.5 Å². The number of hydrogen-bond acceptors (Lipinski definition) is 17. The first-order chi connectivity index (χ1) is 18.3. The zero-order chi connectivity index (χ0) is 29.7. The highest BCUT2D eigenvalue weighted by atomic mass is 35.5. The topological polar surface area (TPSA) is 314 Å². The molecule has 13 N–H and O–H groups in total. The Morgan fingerprint density at radius 3 is 1.62 bits per heavy atom. The maximum atomic E-state index is 11.7. The van der Waals surface area contributed by atoms with Crippen molar-refractivity contribution >= 4 is 24.0 Å². The van der Waals surface area contributed by atoms with Crippen molar-refractivity contribution in [2.75, 3.05) is 24.4 Å². The van der Waals surface area contributed by atoms with Gasteiger partial charge in [-0.1, -0.05) is 0 Å². The first-order valence-corrected chi connectivity index (χ1v) is 11.2. The van der Waals surface area contributed by atoms with Gasteiger partial charge in [0.15, 0.2) is 18.3 Å². The van der Waals surface area contributed by atoms with Crippen LogP contribution in [0.4, 0.5) is 11.6 Å². The number of nitrogens with two attached hydrogens (primary N) is 2. The smallest absolute Gasteiger partial charge is 0.351 e. The third-order valence-electron chi connectivity index (χ3n) is 6.17. The number of hydrogen-bond donors (Lipinski definition) is 11. The molecule has 2 unspecified atom stereocenters. The minimum atomic E-state index is -1.76. The monoisotopic (exact) mass is 599 g/mol. The molecule has 0 saturated carbocycles. The van der Waals surface area contributed by atoms with Gasteiger partial charge in [0.25, 0.3) is 0 Å². The molecule has 20 heteroatoms. The molecule has 2 aliphatic rings. The fraction of sp³-hybridized carbons (Fsp3) is 0.600. The van der Waals surface area contributed by atoms with Gasteiger partial charge in [0.05, 0.1) is 13.2 Å². The summed E-state index contributed by atoms with van der Waals surface area (Å²) in [6.07, 6.45) is -4.37. The van der Waals surface area contributed by atoms with Crippen LogP contribution in [0, 0.1) is 0 Å². The number of aliphatic hydroxyl groups is 6. The Kier molecular flexibility index (Phi) is 12.5. The number of halogens is 1. The Morgan fingerprint density at radius 2 is 1.30 bits per heavy atom. The molecule has 4 heterocycles. The average Bonchev–Trinajstić information content (AvgIpc) is 3.28. The fourth-order valence-electron chi connectivity index (χ4n) is 4.04. The average molecular weight is 600 g/mol. The van der Waals surface area contributed by atoms with E-state index in [-0.39, 0.29) is 24.0 Å². The molecule has 8 atom stereocenters. The van der Waals surface area contributed by atoms with Crippen LogP contribution in [-0.2, 0) is 9.47 Å². The highest BCUT2D eigenvalue weighted by molar-refractivity contribution is 5.85. The van der Waals surface area contributed by atoms with Crippen molar-refractivity contribution in [3.8, 4) is 0 Å². The van der Waals surface area contributed by atoms with E-state index in [1.54, 1.807) is 5.48 Å². The zero-order valence-electron chi connectivity index (χ0n) is 21.3. The quantitative estimate of drug-likeness (QED) is 0.144. The third kappa shape index (κ3) is 6.91. The lowest BCUT2D eigenvalue weighted by molar-refractivity contribution is -0.0987. The van der Waals surface area contributed by atoms with Gasteiger partial charge in [0.1, 0.15) is 41.4 Å².